The van der Waals surface area contributed by atoms with E-state index >= 15 is 0 Å². The molecule has 0 aliphatic rings. The van der Waals surface area contributed by atoms with Crippen LogP contribution in [0.3, 0.4) is 0 Å². The van der Waals surface area contributed by atoms with Gasteiger partial charge < -0.3 is 0 Å². The van der Waals surface area contributed by atoms with Crippen LogP contribution in [0.25, 0.3) is 0 Å². The van der Waals surface area contributed by atoms with Crippen LogP contribution in [0.5, 0.6) is 0 Å². The first-order valence-corrected chi connectivity index (χ1v) is 6.53. The highest BCUT2D eigenvalue weighted by atomic mass is 14.7. The zero-order valence-electron chi connectivity index (χ0n) is 10.8. The molecule has 0 saturated heterocycles. The van der Waals surface area contributed by atoms with Gasteiger partial charge in [-0.1, -0.05) is 74.0 Å². The van der Waals surface area contributed by atoms with Crippen LogP contribution < -0.4 is 0 Å². The molecule has 0 N–H and O–H groups in total. The van der Waals surface area contributed by atoms with Crippen LogP contribution in [0.4, 0.5) is 0 Å². The first kappa shape index (κ1) is 12.6. The van der Waals surface area contributed by atoms with Crippen molar-refractivity contribution in [1.82, 2.24) is 0 Å². The third-order valence-electron chi connectivity index (χ3n) is 2.89. The predicted octanol–water partition coefficient (Wildman–Crippen LogP) is 4.48. The second kappa shape index (κ2) is 6.75. The molecule has 0 unspecified atom stereocenters. The van der Waals surface area contributed by atoms with Gasteiger partial charge in [0.1, 0.15) is 0 Å². The SMILES string of the molecule is CCCC(=NCc1ccccc1)c1ccccc1. The normalized spacial score (nSPS) is 11.5. The molecule has 0 aromatic heterocycles. The molecule has 1 heteroatoms. The number of hydrogen-bond donors (Lipinski definition) is 0. The summed E-state index contributed by atoms with van der Waals surface area (Å²) in [6.07, 6.45) is 2.17. The highest BCUT2D eigenvalue weighted by Gasteiger charge is 2.01. The monoisotopic (exact) mass is 237 g/mol. The van der Waals surface area contributed by atoms with Crippen molar-refractivity contribution in [3.8, 4) is 0 Å². The van der Waals surface area contributed by atoms with Crippen LogP contribution in [-0.2, 0) is 6.54 Å². The van der Waals surface area contributed by atoms with Crippen molar-refractivity contribution in [2.75, 3.05) is 0 Å². The van der Waals surface area contributed by atoms with Crippen LogP contribution in [0.2, 0.25) is 0 Å². The molecular weight excluding hydrogens is 218 g/mol. The maximum absolute atomic E-state index is 4.77. The fourth-order valence-corrected chi connectivity index (χ4v) is 1.95. The predicted molar refractivity (Wildman–Crippen MR) is 78.0 cm³/mol. The molecule has 2 aromatic carbocycles. The Morgan fingerprint density at radius 2 is 1.50 bits per heavy atom. The van der Waals surface area contributed by atoms with Crippen LogP contribution in [0, 0.1) is 0 Å². The maximum atomic E-state index is 4.77. The summed E-state index contributed by atoms with van der Waals surface area (Å²) in [6, 6.07) is 20.9. The van der Waals surface area contributed by atoms with Gasteiger partial charge in [-0.05, 0) is 17.5 Å². The Balaban J connectivity index is 2.15. The minimum Gasteiger partial charge on any atom is -0.284 e. The molecule has 0 aliphatic carbocycles. The third-order valence-corrected chi connectivity index (χ3v) is 2.89. The van der Waals surface area contributed by atoms with E-state index in [1.165, 1.54) is 16.8 Å². The maximum Gasteiger partial charge on any atom is 0.0643 e. The van der Waals surface area contributed by atoms with E-state index in [-0.39, 0.29) is 0 Å². The fourth-order valence-electron chi connectivity index (χ4n) is 1.95. The van der Waals surface area contributed by atoms with E-state index in [9.17, 15) is 0 Å². The van der Waals surface area contributed by atoms with Crippen LogP contribution in [0.15, 0.2) is 65.7 Å². The first-order chi connectivity index (χ1) is 8.90. The molecule has 0 radical (unpaired) electrons. The average molecular weight is 237 g/mol. The molecule has 0 aliphatic heterocycles. The molecule has 0 fully saturated rings. The lowest BCUT2D eigenvalue weighted by Crippen LogP contribution is -2.01. The Kier molecular flexibility index (Phi) is 4.71. The molecule has 0 atom stereocenters. The molecule has 1 nitrogen and oxygen atoms in total. The first-order valence-electron chi connectivity index (χ1n) is 6.53. The minimum absolute atomic E-state index is 0.769. The van der Waals surface area contributed by atoms with E-state index < -0.39 is 0 Å². The minimum atomic E-state index is 0.769. The second-order valence-electron chi connectivity index (χ2n) is 4.36. The van der Waals surface area contributed by atoms with Crippen molar-refractivity contribution >= 4 is 5.71 Å². The summed E-state index contributed by atoms with van der Waals surface area (Å²) in [5.41, 5.74) is 3.72. The largest absolute Gasteiger partial charge is 0.284 e. The van der Waals surface area contributed by atoms with E-state index in [0.717, 1.165) is 19.4 Å². The molecule has 0 amide bonds. The molecular formula is C17H19N. The Hall–Kier alpha value is -1.89. The number of nitrogens with zero attached hydrogens (tertiary/aromatic N) is 1. The van der Waals surface area contributed by atoms with Gasteiger partial charge in [0, 0.05) is 5.71 Å². The lowest BCUT2D eigenvalue weighted by molar-refractivity contribution is 0.965. The zero-order chi connectivity index (χ0) is 12.6. The topological polar surface area (TPSA) is 12.4 Å². The fraction of sp³-hybridized carbons (Fsp3) is 0.235. The van der Waals surface area contributed by atoms with E-state index in [4.69, 9.17) is 4.99 Å². The van der Waals surface area contributed by atoms with Crippen molar-refractivity contribution in [2.45, 2.75) is 26.3 Å². The van der Waals surface area contributed by atoms with Gasteiger partial charge in [-0.25, -0.2) is 0 Å². The molecule has 0 saturated carbocycles. The second-order valence-corrected chi connectivity index (χ2v) is 4.36. The number of aliphatic imine (C=N–C) groups is 1. The van der Waals surface area contributed by atoms with Crippen molar-refractivity contribution in [2.24, 2.45) is 4.99 Å². The highest BCUT2D eigenvalue weighted by molar-refractivity contribution is 6.00. The number of benzene rings is 2. The summed E-state index contributed by atoms with van der Waals surface area (Å²) < 4.78 is 0. The van der Waals surface area contributed by atoms with Gasteiger partial charge in [0.25, 0.3) is 0 Å². The van der Waals surface area contributed by atoms with E-state index in [1.807, 2.05) is 12.1 Å². The molecule has 0 spiro atoms. The third kappa shape index (κ3) is 3.56. The smallest absolute Gasteiger partial charge is 0.0643 e. The summed E-state index contributed by atoms with van der Waals surface area (Å²) in [7, 11) is 0. The molecule has 18 heavy (non-hydrogen) atoms. The van der Waals surface area contributed by atoms with Gasteiger partial charge in [-0.15, -0.1) is 0 Å². The number of hydrogen-bond acceptors (Lipinski definition) is 1. The summed E-state index contributed by atoms with van der Waals surface area (Å²) in [5, 5.41) is 0. The van der Waals surface area contributed by atoms with Crippen molar-refractivity contribution in [3.63, 3.8) is 0 Å². The van der Waals surface area contributed by atoms with Crippen molar-refractivity contribution in [1.29, 1.82) is 0 Å². The van der Waals surface area contributed by atoms with Crippen LogP contribution in [-0.4, -0.2) is 5.71 Å². The Morgan fingerprint density at radius 3 is 2.11 bits per heavy atom. The quantitative estimate of drug-likeness (QED) is 0.680. The van der Waals surface area contributed by atoms with Crippen LogP contribution >= 0.6 is 0 Å². The molecule has 2 rings (SSSR count). The summed E-state index contributed by atoms with van der Waals surface area (Å²) in [4.78, 5) is 4.77. The summed E-state index contributed by atoms with van der Waals surface area (Å²) in [5.74, 6) is 0. The van der Waals surface area contributed by atoms with Crippen molar-refractivity contribution < 1.29 is 0 Å². The Labute approximate surface area is 109 Å². The van der Waals surface area contributed by atoms with E-state index in [0.29, 0.717) is 0 Å². The zero-order valence-corrected chi connectivity index (χ0v) is 10.8. The molecule has 2 aromatic rings. The van der Waals surface area contributed by atoms with E-state index in [2.05, 4.69) is 55.5 Å². The standard InChI is InChI=1S/C17H19N/c1-2-9-17(16-12-7-4-8-13-16)18-14-15-10-5-3-6-11-15/h3-8,10-13H,2,9,14H2,1H3. The van der Waals surface area contributed by atoms with Gasteiger partial charge in [-0.2, -0.15) is 0 Å². The Morgan fingerprint density at radius 1 is 0.889 bits per heavy atom. The molecule has 0 bridgehead atoms. The molecule has 0 heterocycles. The lowest BCUT2D eigenvalue weighted by Gasteiger charge is -2.06. The highest BCUT2D eigenvalue weighted by Crippen LogP contribution is 2.09. The van der Waals surface area contributed by atoms with Gasteiger partial charge in [-0.3, -0.25) is 4.99 Å². The van der Waals surface area contributed by atoms with Gasteiger partial charge >= 0.3 is 0 Å². The summed E-state index contributed by atoms with van der Waals surface area (Å²) in [6.45, 7) is 2.96. The van der Waals surface area contributed by atoms with E-state index in [1.54, 1.807) is 0 Å². The Bertz CT molecular complexity index is 486. The van der Waals surface area contributed by atoms with Crippen LogP contribution in [0.1, 0.15) is 30.9 Å². The van der Waals surface area contributed by atoms with Gasteiger partial charge in [0.05, 0.1) is 6.54 Å². The molecule has 92 valence electrons. The summed E-state index contributed by atoms with van der Waals surface area (Å²) >= 11 is 0. The van der Waals surface area contributed by atoms with Gasteiger partial charge in [0.15, 0.2) is 0 Å². The van der Waals surface area contributed by atoms with Crippen molar-refractivity contribution in [3.05, 3.63) is 71.8 Å². The number of rotatable bonds is 5. The van der Waals surface area contributed by atoms with Gasteiger partial charge in [0.2, 0.25) is 0 Å². The lowest BCUT2D eigenvalue weighted by atomic mass is 10.1. The average Bonchev–Trinajstić information content (AvgIpc) is 2.45.